The molecule has 0 unspecified atom stereocenters. The molecule has 1 fully saturated rings. The number of ketones is 1. The molecule has 1 saturated carbocycles. The van der Waals surface area contributed by atoms with E-state index in [4.69, 9.17) is 26.9 Å². The molecule has 9 heteroatoms. The van der Waals surface area contributed by atoms with E-state index in [9.17, 15) is 19.5 Å². The minimum absolute atomic E-state index is 0.224. The zero-order valence-electron chi connectivity index (χ0n) is 13.4. The molecule has 0 aromatic heterocycles. The van der Waals surface area contributed by atoms with Crippen LogP contribution in [0.15, 0.2) is 24.3 Å². The largest absolute Gasteiger partial charge is 0.547 e. The molecule has 25 heavy (non-hydrogen) atoms. The Bertz CT molecular complexity index is 633. The van der Waals surface area contributed by atoms with Crippen molar-refractivity contribution in [3.8, 4) is 0 Å². The molecule has 0 radical (unpaired) electrons. The maximum Gasteiger partial charge on any atom is 0.335 e. The summed E-state index contributed by atoms with van der Waals surface area (Å²) in [5.74, 6) is -3.60. The lowest BCUT2D eigenvalue weighted by Gasteiger charge is -2.29. The van der Waals surface area contributed by atoms with Crippen LogP contribution in [0.4, 0.5) is 0 Å². The number of aliphatic carboxylic acids is 2. The molecule has 1 aliphatic carbocycles. The van der Waals surface area contributed by atoms with Crippen LogP contribution in [0.2, 0.25) is 5.02 Å². The summed E-state index contributed by atoms with van der Waals surface area (Å²) in [5, 5.41) is 34.8. The molecule has 138 valence electrons. The van der Waals surface area contributed by atoms with Crippen molar-refractivity contribution in [2.24, 2.45) is 0 Å². The SMILES string of the molecule is O=C([O-])[C@@H](O)[C@H](O)C(=O)O.[NH3+][C@]1(c2ccccc2Cl)CCCCC1=O. The summed E-state index contributed by atoms with van der Waals surface area (Å²) in [6.45, 7) is 0. The zero-order chi connectivity index (χ0) is 19.2. The van der Waals surface area contributed by atoms with Gasteiger partial charge in [-0.25, -0.2) is 4.79 Å². The third kappa shape index (κ3) is 5.23. The number of quaternary nitrogens is 1. The van der Waals surface area contributed by atoms with Gasteiger partial charge in [-0.1, -0.05) is 29.8 Å². The molecule has 8 nitrogen and oxygen atoms in total. The highest BCUT2D eigenvalue weighted by atomic mass is 35.5. The molecule has 1 aromatic rings. The maximum atomic E-state index is 11.9. The number of Topliss-reactive ketones (excluding diaryl/α,β-unsaturated/α-hetero) is 1. The average molecular weight is 374 g/mol. The van der Waals surface area contributed by atoms with Gasteiger partial charge in [-0.15, -0.1) is 0 Å². The maximum absolute atomic E-state index is 11.9. The Morgan fingerprint density at radius 2 is 1.80 bits per heavy atom. The first-order valence-corrected chi connectivity index (χ1v) is 7.92. The molecule has 0 amide bonds. The number of carboxylic acid groups (broad SMARTS) is 2. The molecule has 0 bridgehead atoms. The van der Waals surface area contributed by atoms with Crippen molar-refractivity contribution < 1.29 is 40.5 Å². The second-order valence-corrected chi connectivity index (χ2v) is 6.15. The van der Waals surface area contributed by atoms with Crippen molar-refractivity contribution in [2.75, 3.05) is 0 Å². The van der Waals surface area contributed by atoms with Crippen LogP contribution < -0.4 is 10.8 Å². The lowest BCUT2D eigenvalue weighted by Crippen LogP contribution is -2.74. The number of carboxylic acids is 2. The normalized spacial score (nSPS) is 22.3. The number of carbonyl (C=O) groups excluding carboxylic acids is 2. The Morgan fingerprint density at radius 1 is 1.20 bits per heavy atom. The van der Waals surface area contributed by atoms with Crippen LogP contribution in [0.3, 0.4) is 0 Å². The number of carbonyl (C=O) groups is 3. The summed E-state index contributed by atoms with van der Waals surface area (Å²) in [7, 11) is 0. The minimum Gasteiger partial charge on any atom is -0.547 e. The molecule has 2 rings (SSSR count). The number of aliphatic hydroxyl groups excluding tert-OH is 2. The predicted molar refractivity (Wildman–Crippen MR) is 84.1 cm³/mol. The Balaban J connectivity index is 0.000000275. The third-order valence-corrected chi connectivity index (χ3v) is 4.30. The van der Waals surface area contributed by atoms with Crippen LogP contribution in [0.5, 0.6) is 0 Å². The van der Waals surface area contributed by atoms with Gasteiger partial charge in [-0.05, 0) is 18.9 Å². The Hall–Kier alpha value is -2.00. The van der Waals surface area contributed by atoms with E-state index in [0.29, 0.717) is 11.4 Å². The van der Waals surface area contributed by atoms with E-state index < -0.39 is 29.7 Å². The van der Waals surface area contributed by atoms with Gasteiger partial charge in [0.05, 0.1) is 11.0 Å². The first-order valence-electron chi connectivity index (χ1n) is 7.54. The molecule has 1 aromatic carbocycles. The fourth-order valence-electron chi connectivity index (χ4n) is 2.49. The molecule has 0 heterocycles. The summed E-state index contributed by atoms with van der Waals surface area (Å²) >= 11 is 6.12. The van der Waals surface area contributed by atoms with Crippen LogP contribution in [0.1, 0.15) is 31.2 Å². The lowest BCUT2D eigenvalue weighted by molar-refractivity contribution is -0.470. The minimum atomic E-state index is -2.38. The van der Waals surface area contributed by atoms with Gasteiger partial charge in [-0.2, -0.15) is 0 Å². The monoisotopic (exact) mass is 373 g/mol. The third-order valence-electron chi connectivity index (χ3n) is 3.97. The first-order chi connectivity index (χ1) is 11.6. The van der Waals surface area contributed by atoms with Crippen LogP contribution in [-0.4, -0.2) is 45.2 Å². The van der Waals surface area contributed by atoms with Gasteiger partial charge in [0.1, 0.15) is 6.10 Å². The van der Waals surface area contributed by atoms with E-state index in [1.807, 2.05) is 24.3 Å². The quantitative estimate of drug-likeness (QED) is 0.497. The summed E-state index contributed by atoms with van der Waals surface area (Å²) in [6, 6.07) is 7.53. The molecule has 1 aliphatic rings. The van der Waals surface area contributed by atoms with Gasteiger partial charge in [0, 0.05) is 18.4 Å². The topological polar surface area (TPSA) is 163 Å². The number of benzene rings is 1. The highest BCUT2D eigenvalue weighted by Crippen LogP contribution is 2.34. The zero-order valence-corrected chi connectivity index (χ0v) is 14.1. The van der Waals surface area contributed by atoms with Gasteiger partial charge >= 0.3 is 5.97 Å². The van der Waals surface area contributed by atoms with Gasteiger partial charge in [0.15, 0.2) is 17.4 Å². The summed E-state index contributed by atoms with van der Waals surface area (Å²) in [4.78, 5) is 31.4. The molecule has 0 aliphatic heterocycles. The number of hydrogen-bond acceptors (Lipinski definition) is 6. The highest BCUT2D eigenvalue weighted by Gasteiger charge is 2.42. The van der Waals surface area contributed by atoms with Gasteiger partial charge < -0.3 is 31.0 Å². The molecular formula is C16H20ClNO7. The van der Waals surface area contributed by atoms with E-state index in [2.05, 4.69) is 5.73 Å². The number of aliphatic hydroxyl groups is 2. The van der Waals surface area contributed by atoms with Crippen LogP contribution in [0, 0.1) is 0 Å². The molecular weight excluding hydrogens is 354 g/mol. The van der Waals surface area contributed by atoms with Crippen LogP contribution in [0.25, 0.3) is 0 Å². The first kappa shape index (κ1) is 21.0. The van der Waals surface area contributed by atoms with Crippen molar-refractivity contribution in [2.45, 2.75) is 43.4 Å². The molecule has 6 N–H and O–H groups in total. The molecule has 3 atom stereocenters. The predicted octanol–water partition coefficient (Wildman–Crippen LogP) is -1.54. The van der Waals surface area contributed by atoms with E-state index in [1.54, 1.807) is 0 Å². The number of halogens is 1. The van der Waals surface area contributed by atoms with Crippen molar-refractivity contribution in [1.82, 2.24) is 0 Å². The van der Waals surface area contributed by atoms with Crippen LogP contribution >= 0.6 is 11.6 Å². The van der Waals surface area contributed by atoms with E-state index in [1.165, 1.54) is 0 Å². The van der Waals surface area contributed by atoms with Crippen LogP contribution in [-0.2, 0) is 19.9 Å². The molecule has 0 saturated heterocycles. The lowest BCUT2D eigenvalue weighted by atomic mass is 9.76. The standard InChI is InChI=1S/C12H14ClNO.C4H6O6/c13-10-6-2-1-5-9(10)12(14)8-4-3-7-11(12)15;5-1(3(7)8)2(6)4(9)10/h1-2,5-6H,3-4,7-8,14H2;1-2,5-6H,(H,7,8)(H,9,10)/t12-;1-,2-/m00/s1. The smallest absolute Gasteiger partial charge is 0.335 e. The Morgan fingerprint density at radius 3 is 2.24 bits per heavy atom. The van der Waals surface area contributed by atoms with Gasteiger partial charge in [-0.3, -0.25) is 4.79 Å². The number of rotatable bonds is 4. The number of hydrogen-bond donors (Lipinski definition) is 4. The van der Waals surface area contributed by atoms with E-state index >= 15 is 0 Å². The fourth-order valence-corrected chi connectivity index (χ4v) is 2.81. The van der Waals surface area contributed by atoms with E-state index in [-0.39, 0.29) is 5.78 Å². The van der Waals surface area contributed by atoms with Gasteiger partial charge in [0.25, 0.3) is 0 Å². The molecule has 0 spiro atoms. The summed E-state index contributed by atoms with van der Waals surface area (Å²) in [5.41, 5.74) is 4.39. The fraction of sp³-hybridized carbons (Fsp3) is 0.438. The van der Waals surface area contributed by atoms with Gasteiger partial charge in [0.2, 0.25) is 0 Å². The van der Waals surface area contributed by atoms with E-state index in [0.717, 1.165) is 24.8 Å². The highest BCUT2D eigenvalue weighted by molar-refractivity contribution is 6.31. The Kier molecular flexibility index (Phi) is 7.50. The second-order valence-electron chi connectivity index (χ2n) is 5.74. The van der Waals surface area contributed by atoms with Crippen molar-refractivity contribution in [3.63, 3.8) is 0 Å². The van der Waals surface area contributed by atoms with Crippen molar-refractivity contribution in [3.05, 3.63) is 34.9 Å². The second kappa shape index (κ2) is 8.91. The summed E-state index contributed by atoms with van der Waals surface area (Å²) < 4.78 is 0. The Labute approximate surface area is 148 Å². The summed E-state index contributed by atoms with van der Waals surface area (Å²) in [6.07, 6.45) is -1.21. The van der Waals surface area contributed by atoms with Crippen molar-refractivity contribution >= 4 is 29.3 Å². The average Bonchev–Trinajstić information content (AvgIpc) is 2.57. The van der Waals surface area contributed by atoms with Crippen molar-refractivity contribution in [1.29, 1.82) is 0 Å².